The Hall–Kier alpha value is -6.53. The summed E-state index contributed by atoms with van der Waals surface area (Å²) >= 11 is 0. The second kappa shape index (κ2) is 14.4. The molecule has 8 rings (SSSR count). The van der Waals surface area contributed by atoms with Crippen molar-refractivity contribution in [3.8, 4) is 17.2 Å². The molecule has 2 aromatic carbocycles. The number of Topliss-reactive ketones (excluding diaryl/α,β-unsaturated/α-hetero) is 1. The number of carboxylic acid groups (broad SMARTS) is 1. The molecule has 1 fully saturated rings. The van der Waals surface area contributed by atoms with E-state index in [1.165, 1.54) is 37.6 Å². The highest BCUT2D eigenvalue weighted by atomic mass is 16.7. The number of phenolic OH excluding ortho intramolecular Hbond substituents is 2. The van der Waals surface area contributed by atoms with Crippen LogP contribution in [0.4, 0.5) is 0 Å². The molecule has 2 aliphatic carbocycles. The second-order valence-electron chi connectivity index (χ2n) is 14.4. The first-order valence-corrected chi connectivity index (χ1v) is 18.1. The van der Waals surface area contributed by atoms with Gasteiger partial charge in [-0.2, -0.15) is 0 Å². The molecule has 17 heteroatoms. The van der Waals surface area contributed by atoms with E-state index in [-0.39, 0.29) is 40.1 Å². The third-order valence-electron chi connectivity index (χ3n) is 10.9. The van der Waals surface area contributed by atoms with E-state index in [0.717, 1.165) is 0 Å². The molecular weight excluding hydrogens is 758 g/mol. The number of ether oxygens (including phenoxy) is 4. The van der Waals surface area contributed by atoms with Crippen molar-refractivity contribution in [3.63, 3.8) is 0 Å². The Kier molecular flexibility index (Phi) is 9.55. The quantitative estimate of drug-likeness (QED) is 0.104. The third kappa shape index (κ3) is 6.24. The van der Waals surface area contributed by atoms with Crippen LogP contribution in [0.1, 0.15) is 95.7 Å². The molecule has 3 aromatic heterocycles. The normalized spacial score (nSPS) is 23.8. The Morgan fingerprint density at radius 2 is 1.74 bits per heavy atom. The summed E-state index contributed by atoms with van der Waals surface area (Å²) in [5.74, 6) is -7.11. The smallest absolute Gasteiger partial charge is 0.358 e. The lowest BCUT2D eigenvalue weighted by atomic mass is 9.72. The molecule has 17 nitrogen and oxygen atoms in total. The van der Waals surface area contributed by atoms with E-state index in [9.17, 15) is 49.5 Å². The van der Waals surface area contributed by atoms with Crippen molar-refractivity contribution in [2.75, 3.05) is 13.7 Å². The Balaban J connectivity index is 1.17. The van der Waals surface area contributed by atoms with E-state index >= 15 is 0 Å². The highest BCUT2D eigenvalue weighted by Crippen LogP contribution is 2.53. The molecule has 58 heavy (non-hydrogen) atoms. The van der Waals surface area contributed by atoms with Gasteiger partial charge in [-0.1, -0.05) is 12.1 Å². The molecule has 5 aromatic rings. The number of aliphatic hydroxyl groups excluding tert-OH is 1. The second-order valence-corrected chi connectivity index (χ2v) is 14.4. The average molecular weight is 794 g/mol. The van der Waals surface area contributed by atoms with Gasteiger partial charge in [0.15, 0.2) is 30.0 Å². The number of nitrogens with zero attached hydrogens (tertiary/aromatic N) is 3. The number of aromatic hydroxyl groups is 2. The van der Waals surface area contributed by atoms with Gasteiger partial charge in [-0.05, 0) is 43.3 Å². The molecule has 5 N–H and O–H groups in total. The number of pyridine rings is 2. The lowest BCUT2D eigenvalue weighted by molar-refractivity contribution is -0.254. The van der Waals surface area contributed by atoms with Gasteiger partial charge in [-0.25, -0.2) is 19.6 Å². The zero-order valence-electron chi connectivity index (χ0n) is 30.8. The Labute approximate surface area is 328 Å². The first-order valence-electron chi connectivity index (χ1n) is 18.1. The zero-order chi connectivity index (χ0) is 41.2. The van der Waals surface area contributed by atoms with E-state index in [2.05, 4.69) is 9.97 Å². The van der Waals surface area contributed by atoms with Crippen LogP contribution in [-0.4, -0.2) is 107 Å². The fourth-order valence-corrected chi connectivity index (χ4v) is 8.07. The van der Waals surface area contributed by atoms with Crippen molar-refractivity contribution < 1.29 is 68.5 Å². The van der Waals surface area contributed by atoms with Gasteiger partial charge in [0.25, 0.3) is 0 Å². The summed E-state index contributed by atoms with van der Waals surface area (Å²) in [5.41, 5.74) is -5.54. The maximum Gasteiger partial charge on any atom is 0.358 e. The van der Waals surface area contributed by atoms with Gasteiger partial charge >= 0.3 is 11.9 Å². The highest BCUT2D eigenvalue weighted by Gasteiger charge is 2.51. The summed E-state index contributed by atoms with van der Waals surface area (Å²) in [6.07, 6.45) is -0.931. The van der Waals surface area contributed by atoms with Crippen LogP contribution in [0.3, 0.4) is 0 Å². The van der Waals surface area contributed by atoms with Crippen LogP contribution in [0.15, 0.2) is 67.1 Å². The summed E-state index contributed by atoms with van der Waals surface area (Å²) in [4.78, 5) is 75.4. The molecule has 1 saturated heterocycles. The average Bonchev–Trinajstić information content (AvgIpc) is 3.75. The fourth-order valence-electron chi connectivity index (χ4n) is 8.07. The van der Waals surface area contributed by atoms with Crippen molar-refractivity contribution in [1.29, 1.82) is 0 Å². The van der Waals surface area contributed by atoms with E-state index in [0.29, 0.717) is 5.39 Å². The van der Waals surface area contributed by atoms with Crippen molar-refractivity contribution in [2.45, 2.75) is 62.4 Å². The Bertz CT molecular complexity index is 2550. The number of carboxylic acids is 1. The number of aliphatic hydroxyl groups is 2. The van der Waals surface area contributed by atoms with E-state index in [1.807, 2.05) is 0 Å². The summed E-state index contributed by atoms with van der Waals surface area (Å²) in [6.45, 7) is 0.504. The first kappa shape index (κ1) is 38.3. The summed E-state index contributed by atoms with van der Waals surface area (Å²) in [7, 11) is 1.30. The van der Waals surface area contributed by atoms with Crippen molar-refractivity contribution >= 4 is 40.3 Å². The number of phenols is 2. The Morgan fingerprint density at radius 3 is 2.47 bits per heavy atom. The maximum atomic E-state index is 14.1. The minimum absolute atomic E-state index is 0.0341. The molecule has 1 aliphatic heterocycles. The number of methoxy groups -OCH3 is 1. The zero-order valence-corrected chi connectivity index (χ0v) is 30.8. The van der Waals surface area contributed by atoms with Crippen LogP contribution in [0.2, 0.25) is 0 Å². The highest BCUT2D eigenvalue weighted by molar-refractivity contribution is 6.31. The van der Waals surface area contributed by atoms with Gasteiger partial charge < -0.3 is 49.0 Å². The molecule has 4 heterocycles. The number of rotatable bonds is 9. The molecule has 0 amide bonds. The van der Waals surface area contributed by atoms with Crippen LogP contribution in [0, 0.1) is 0 Å². The van der Waals surface area contributed by atoms with Crippen LogP contribution < -0.4 is 4.74 Å². The Morgan fingerprint density at radius 1 is 1.00 bits per heavy atom. The van der Waals surface area contributed by atoms with Crippen LogP contribution in [0.5, 0.6) is 17.2 Å². The van der Waals surface area contributed by atoms with Crippen LogP contribution in [-0.2, 0) is 25.4 Å². The van der Waals surface area contributed by atoms with E-state index in [4.69, 9.17) is 18.9 Å². The fraction of sp³-hybridized carbons (Fsp3) is 0.293. The van der Waals surface area contributed by atoms with Gasteiger partial charge in [-0.15, -0.1) is 0 Å². The number of carbonyl (C=O) groups excluding carboxylic acids is 4. The molecule has 3 aliphatic rings. The van der Waals surface area contributed by atoms with Crippen LogP contribution in [0.25, 0.3) is 11.0 Å². The van der Waals surface area contributed by atoms with Crippen LogP contribution >= 0.6 is 0 Å². The SMILES string of the molecule is COc1cccc2c1C(=O)c1c(O)c3c(c(O)c1C2=O)C[C@@](O)(C(=O)COC(=O)c1nc2ncccc2cc1C(=O)O)C[C@@H]3O[C@H]1C[C@H](n2cccc2)[C@H](O)[C@H](C)O1. The van der Waals surface area contributed by atoms with Crippen molar-refractivity contribution in [3.05, 3.63) is 112 Å². The molecule has 0 bridgehead atoms. The summed E-state index contributed by atoms with van der Waals surface area (Å²) < 4.78 is 24.7. The molecule has 0 unspecified atom stereocenters. The number of aromatic nitrogens is 3. The lowest BCUT2D eigenvalue weighted by Crippen LogP contribution is -2.49. The molecule has 298 valence electrons. The largest absolute Gasteiger partial charge is 0.507 e. The number of hydrogen-bond acceptors (Lipinski definition) is 15. The topological polar surface area (TPSA) is 254 Å². The van der Waals surface area contributed by atoms with E-state index in [1.54, 1.807) is 48.1 Å². The monoisotopic (exact) mass is 793 g/mol. The summed E-state index contributed by atoms with van der Waals surface area (Å²) in [5, 5.41) is 57.0. The van der Waals surface area contributed by atoms with Gasteiger partial charge in [0.05, 0.1) is 47.6 Å². The molecule has 0 spiro atoms. The molecule has 6 atom stereocenters. The molecular formula is C41H35N3O14. The number of aromatic carboxylic acids is 1. The predicted molar refractivity (Wildman–Crippen MR) is 197 cm³/mol. The van der Waals surface area contributed by atoms with Gasteiger partial charge in [0.2, 0.25) is 11.6 Å². The number of esters is 1. The van der Waals surface area contributed by atoms with Gasteiger partial charge in [0, 0.05) is 59.9 Å². The minimum atomic E-state index is -2.52. The predicted octanol–water partition coefficient (Wildman–Crippen LogP) is 3.22. The number of ketones is 3. The standard InChI is InChI=1S/C41H35N3O14/c1-18-33(46)23(44-11-3-4-12-44)14-27(57-18)58-25-16-41(54,26(45)17-56-40(53)32-21(39(51)52)13-19-7-6-10-42-38(19)43-32)15-22-29(25)37(50)31-30(35(22)48)34(47)20-8-5-9-24(55-2)28(20)36(31)49/h3-13,18,23,25,27,33,46,48,50,54H,14-17H2,1-2H3,(H,51,52)/t18-,23-,25-,27-,33+,41-/m0/s1. The van der Waals surface area contributed by atoms with Gasteiger partial charge in [0.1, 0.15) is 29.0 Å². The van der Waals surface area contributed by atoms with Crippen molar-refractivity contribution in [1.82, 2.24) is 14.5 Å². The van der Waals surface area contributed by atoms with E-state index < -0.39 is 119 Å². The summed E-state index contributed by atoms with van der Waals surface area (Å²) in [6, 6.07) is 11.5. The molecule has 0 radical (unpaired) electrons. The number of carbonyl (C=O) groups is 5. The first-order chi connectivity index (χ1) is 27.7. The lowest BCUT2D eigenvalue weighted by Gasteiger charge is -2.43. The van der Waals surface area contributed by atoms with Crippen molar-refractivity contribution in [2.24, 2.45) is 0 Å². The van der Waals surface area contributed by atoms with Gasteiger partial charge in [-0.3, -0.25) is 14.4 Å². The number of hydrogen-bond donors (Lipinski definition) is 5. The third-order valence-corrected chi connectivity index (χ3v) is 10.9. The number of benzene rings is 2. The maximum absolute atomic E-state index is 14.1. The molecule has 0 saturated carbocycles. The minimum Gasteiger partial charge on any atom is -0.507 e. The number of fused-ring (bicyclic) bond motifs is 4.